The Bertz CT molecular complexity index is 942. The molecule has 1 aliphatic rings. The summed E-state index contributed by atoms with van der Waals surface area (Å²) < 4.78 is 38.7. The van der Waals surface area contributed by atoms with Gasteiger partial charge in [0, 0.05) is 19.0 Å². The highest BCUT2D eigenvalue weighted by Crippen LogP contribution is 2.34. The molecule has 3 rings (SSSR count). The number of carbonyl (C=O) groups excluding carboxylic acids is 1. The van der Waals surface area contributed by atoms with Crippen LogP contribution in [0.15, 0.2) is 47.4 Å². The molecule has 8 heteroatoms. The Morgan fingerprint density at radius 2 is 1.89 bits per heavy atom. The van der Waals surface area contributed by atoms with Crippen molar-refractivity contribution in [1.82, 2.24) is 0 Å². The van der Waals surface area contributed by atoms with E-state index in [4.69, 9.17) is 9.47 Å². The molecule has 1 saturated heterocycles. The molecule has 1 aliphatic heterocycles. The number of nitrogens with zero attached hydrogens (tertiary/aromatic N) is 1. The van der Waals surface area contributed by atoms with Crippen LogP contribution in [0.1, 0.15) is 26.2 Å². The number of hydrogen-bond donors (Lipinski definition) is 1. The van der Waals surface area contributed by atoms with Gasteiger partial charge in [-0.25, -0.2) is 8.42 Å². The number of ether oxygens (including phenoxy) is 2. The molecular formula is C20H24N2O5S. The zero-order chi connectivity index (χ0) is 20.1. The Kier molecular flexibility index (Phi) is 6.08. The van der Waals surface area contributed by atoms with Crippen LogP contribution >= 0.6 is 0 Å². The SMILES string of the molecule is CCCOc1ccc(S(=O)(=O)Nc2ccc(N3CCCC3=O)c(OC)c2)cc1. The maximum Gasteiger partial charge on any atom is 0.261 e. The van der Waals surface area contributed by atoms with Crippen LogP contribution in [-0.4, -0.2) is 34.6 Å². The van der Waals surface area contributed by atoms with Gasteiger partial charge in [-0.15, -0.1) is 0 Å². The smallest absolute Gasteiger partial charge is 0.261 e. The number of nitrogens with one attached hydrogen (secondary N) is 1. The fourth-order valence-electron chi connectivity index (χ4n) is 3.02. The van der Waals surface area contributed by atoms with Gasteiger partial charge < -0.3 is 14.4 Å². The van der Waals surface area contributed by atoms with Gasteiger partial charge >= 0.3 is 0 Å². The van der Waals surface area contributed by atoms with Crippen LogP contribution in [-0.2, 0) is 14.8 Å². The predicted molar refractivity (Wildman–Crippen MR) is 108 cm³/mol. The van der Waals surface area contributed by atoms with E-state index in [1.54, 1.807) is 35.2 Å². The van der Waals surface area contributed by atoms with Crippen molar-refractivity contribution in [2.45, 2.75) is 31.1 Å². The highest BCUT2D eigenvalue weighted by Gasteiger charge is 2.25. The van der Waals surface area contributed by atoms with E-state index >= 15 is 0 Å². The highest BCUT2D eigenvalue weighted by atomic mass is 32.2. The zero-order valence-corrected chi connectivity index (χ0v) is 16.8. The molecule has 0 unspecified atom stereocenters. The van der Waals surface area contributed by atoms with Crippen LogP contribution in [0.4, 0.5) is 11.4 Å². The Hall–Kier alpha value is -2.74. The first kappa shape index (κ1) is 20.0. The van der Waals surface area contributed by atoms with E-state index in [9.17, 15) is 13.2 Å². The van der Waals surface area contributed by atoms with Crippen LogP contribution in [0.3, 0.4) is 0 Å². The predicted octanol–water partition coefficient (Wildman–Crippen LogP) is 3.41. The maximum atomic E-state index is 12.7. The van der Waals surface area contributed by atoms with Gasteiger partial charge in [0.1, 0.15) is 11.5 Å². The third-order valence-corrected chi connectivity index (χ3v) is 5.80. The molecule has 0 radical (unpaired) electrons. The third kappa shape index (κ3) is 4.39. The van der Waals surface area contributed by atoms with Gasteiger partial charge in [-0.2, -0.15) is 0 Å². The number of benzene rings is 2. The summed E-state index contributed by atoms with van der Waals surface area (Å²) in [5.74, 6) is 1.11. The molecule has 1 N–H and O–H groups in total. The Morgan fingerprint density at radius 3 is 2.50 bits per heavy atom. The second-order valence-corrected chi connectivity index (χ2v) is 8.14. The molecule has 0 aromatic heterocycles. The first-order valence-corrected chi connectivity index (χ1v) is 10.7. The van der Waals surface area contributed by atoms with Crippen LogP contribution in [0, 0.1) is 0 Å². The molecule has 0 saturated carbocycles. The summed E-state index contributed by atoms with van der Waals surface area (Å²) >= 11 is 0. The molecular weight excluding hydrogens is 380 g/mol. The minimum atomic E-state index is -3.76. The lowest BCUT2D eigenvalue weighted by molar-refractivity contribution is -0.117. The molecule has 0 bridgehead atoms. The van der Waals surface area contributed by atoms with Crippen molar-refractivity contribution in [2.24, 2.45) is 0 Å². The molecule has 7 nitrogen and oxygen atoms in total. The van der Waals surface area contributed by atoms with Crippen LogP contribution in [0.5, 0.6) is 11.5 Å². The molecule has 0 spiro atoms. The van der Waals surface area contributed by atoms with Crippen LogP contribution in [0.2, 0.25) is 0 Å². The first-order chi connectivity index (χ1) is 13.4. The van der Waals surface area contributed by atoms with E-state index < -0.39 is 10.0 Å². The van der Waals surface area contributed by atoms with Crippen LogP contribution < -0.4 is 19.1 Å². The fourth-order valence-corrected chi connectivity index (χ4v) is 4.07. The molecule has 0 atom stereocenters. The van der Waals surface area contributed by atoms with E-state index in [1.807, 2.05) is 6.92 Å². The normalized spacial score (nSPS) is 14.2. The van der Waals surface area contributed by atoms with Gasteiger partial charge in [-0.3, -0.25) is 9.52 Å². The van der Waals surface area contributed by atoms with Crippen molar-refractivity contribution >= 4 is 27.3 Å². The molecule has 2 aromatic rings. The minimum absolute atomic E-state index is 0.0389. The fraction of sp³-hybridized carbons (Fsp3) is 0.350. The van der Waals surface area contributed by atoms with Gasteiger partial charge in [0.15, 0.2) is 0 Å². The van der Waals surface area contributed by atoms with Gasteiger partial charge in [0.25, 0.3) is 10.0 Å². The summed E-state index contributed by atoms with van der Waals surface area (Å²) in [6.07, 6.45) is 2.19. The first-order valence-electron chi connectivity index (χ1n) is 9.18. The molecule has 2 aromatic carbocycles. The average Bonchev–Trinajstić information content (AvgIpc) is 3.12. The second-order valence-electron chi connectivity index (χ2n) is 6.46. The number of hydrogen-bond acceptors (Lipinski definition) is 5. The quantitative estimate of drug-likeness (QED) is 0.729. The summed E-state index contributed by atoms with van der Waals surface area (Å²) in [6, 6.07) is 11.2. The molecule has 0 aliphatic carbocycles. The third-order valence-electron chi connectivity index (χ3n) is 4.40. The number of methoxy groups -OCH3 is 1. The lowest BCUT2D eigenvalue weighted by atomic mass is 10.2. The summed E-state index contributed by atoms with van der Waals surface area (Å²) in [6.45, 7) is 3.21. The number of sulfonamides is 1. The van der Waals surface area contributed by atoms with Crippen LogP contribution in [0.25, 0.3) is 0 Å². The summed E-state index contributed by atoms with van der Waals surface area (Å²) in [5.41, 5.74) is 1.00. The average molecular weight is 404 g/mol. The van der Waals surface area contributed by atoms with Gasteiger partial charge in [0.2, 0.25) is 5.91 Å². The van der Waals surface area contributed by atoms with Crippen molar-refractivity contribution in [2.75, 3.05) is 29.9 Å². The van der Waals surface area contributed by atoms with Gasteiger partial charge in [0.05, 0.1) is 30.0 Å². The largest absolute Gasteiger partial charge is 0.494 e. The van der Waals surface area contributed by atoms with Crippen molar-refractivity contribution in [3.63, 3.8) is 0 Å². The van der Waals surface area contributed by atoms with Gasteiger partial charge in [-0.1, -0.05) is 6.92 Å². The Morgan fingerprint density at radius 1 is 1.14 bits per heavy atom. The minimum Gasteiger partial charge on any atom is -0.494 e. The monoisotopic (exact) mass is 404 g/mol. The number of rotatable bonds is 8. The van der Waals surface area contributed by atoms with E-state index in [2.05, 4.69) is 4.72 Å². The van der Waals surface area contributed by atoms with E-state index in [1.165, 1.54) is 19.2 Å². The standard InChI is InChI=1S/C20H24N2O5S/c1-3-13-27-16-7-9-17(10-8-16)28(24,25)21-15-6-11-18(19(14-15)26-2)22-12-4-5-20(22)23/h6-11,14,21H,3-5,12-13H2,1-2H3. The molecule has 1 heterocycles. The zero-order valence-electron chi connectivity index (χ0n) is 16.0. The summed E-state index contributed by atoms with van der Waals surface area (Å²) in [7, 11) is -2.27. The summed E-state index contributed by atoms with van der Waals surface area (Å²) in [5, 5.41) is 0. The Labute approximate surface area is 165 Å². The molecule has 150 valence electrons. The maximum absolute atomic E-state index is 12.7. The van der Waals surface area contributed by atoms with Crippen molar-refractivity contribution < 1.29 is 22.7 Å². The topological polar surface area (TPSA) is 84.9 Å². The van der Waals surface area contributed by atoms with Gasteiger partial charge in [-0.05, 0) is 49.2 Å². The van der Waals surface area contributed by atoms with Crippen molar-refractivity contribution in [3.8, 4) is 11.5 Å². The van der Waals surface area contributed by atoms with E-state index in [-0.39, 0.29) is 10.8 Å². The number of amides is 1. The Balaban J connectivity index is 1.79. The van der Waals surface area contributed by atoms with E-state index in [0.717, 1.165) is 12.8 Å². The number of carbonyl (C=O) groups is 1. The molecule has 28 heavy (non-hydrogen) atoms. The van der Waals surface area contributed by atoms with Crippen molar-refractivity contribution in [1.29, 1.82) is 0 Å². The highest BCUT2D eigenvalue weighted by molar-refractivity contribution is 7.92. The molecule has 1 amide bonds. The molecule has 1 fully saturated rings. The second kappa shape index (κ2) is 8.52. The number of anilines is 2. The van der Waals surface area contributed by atoms with Crippen molar-refractivity contribution in [3.05, 3.63) is 42.5 Å². The van der Waals surface area contributed by atoms with E-state index in [0.29, 0.717) is 42.4 Å². The summed E-state index contributed by atoms with van der Waals surface area (Å²) in [4.78, 5) is 13.8. The lowest BCUT2D eigenvalue weighted by Gasteiger charge is -2.20. The lowest BCUT2D eigenvalue weighted by Crippen LogP contribution is -2.24.